The van der Waals surface area contributed by atoms with Crippen molar-refractivity contribution in [2.24, 2.45) is 0 Å². The second kappa shape index (κ2) is 6.20. The lowest BCUT2D eigenvalue weighted by molar-refractivity contribution is -0.0768. The molecule has 0 fully saturated rings. The number of benzene rings is 2. The second-order valence-corrected chi connectivity index (χ2v) is 5.82. The van der Waals surface area contributed by atoms with E-state index in [0.717, 1.165) is 0 Å². The highest BCUT2D eigenvalue weighted by molar-refractivity contribution is 5.60. The largest absolute Gasteiger partial charge is 0.507 e. The summed E-state index contributed by atoms with van der Waals surface area (Å²) in [4.78, 5) is 0. The molecule has 0 radical (unpaired) electrons. The summed E-state index contributed by atoms with van der Waals surface area (Å²) in [7, 11) is 0. The lowest BCUT2D eigenvalue weighted by atomic mass is 9.79. The van der Waals surface area contributed by atoms with Gasteiger partial charge < -0.3 is 35.7 Å². The van der Waals surface area contributed by atoms with E-state index in [0.29, 0.717) is 11.1 Å². The topological polar surface area (TPSA) is 142 Å². The van der Waals surface area contributed by atoms with Crippen molar-refractivity contribution in [2.45, 2.75) is 25.6 Å². The van der Waals surface area contributed by atoms with E-state index in [1.807, 2.05) is 0 Å². The van der Waals surface area contributed by atoms with Gasteiger partial charge in [0.2, 0.25) is 0 Å². The molecule has 7 nitrogen and oxygen atoms in total. The number of phenolic OH excluding ortho intramolecular Hbond substituents is 4. The molecular weight excluding hydrogens is 316 g/mol. The molecule has 2 rings (SSSR count). The molecule has 0 aromatic heterocycles. The minimum atomic E-state index is -2.65. The van der Waals surface area contributed by atoms with Crippen LogP contribution in [-0.4, -0.2) is 48.5 Å². The summed E-state index contributed by atoms with van der Waals surface area (Å²) < 4.78 is 0. The minimum Gasteiger partial charge on any atom is -0.507 e. The average Bonchev–Trinajstić information content (AvgIpc) is 2.43. The van der Waals surface area contributed by atoms with E-state index >= 15 is 0 Å². The van der Waals surface area contributed by atoms with Gasteiger partial charge in [-0.05, 0) is 49.2 Å². The number of rotatable bonds is 4. The maximum atomic E-state index is 11.1. The third-order valence-corrected chi connectivity index (χ3v) is 3.90. The van der Waals surface area contributed by atoms with Crippen molar-refractivity contribution < 1.29 is 35.7 Å². The number of hydrogen-bond donors (Lipinski definition) is 7. The third kappa shape index (κ3) is 2.73. The smallest absolute Gasteiger partial charge is 0.157 e. The molecule has 24 heavy (non-hydrogen) atoms. The summed E-state index contributed by atoms with van der Waals surface area (Å²) in [6, 6.07) is 4.91. The fourth-order valence-electron chi connectivity index (χ4n) is 2.87. The van der Waals surface area contributed by atoms with Gasteiger partial charge in [0.05, 0.1) is 17.7 Å². The number of phenols is 4. The standard InChI is InChI=1S/C17H20O7/c1-8-3-10(19)15(11(20)4-8)17(24,14(23)7-18)16-12(21)5-9(2)6-13(16)22/h3-6,14,18-24H,7H2,1-2H3. The SMILES string of the molecule is Cc1cc(O)c(C(O)(c2c(O)cc(C)cc2O)C(O)CO)c(O)c1. The van der Waals surface area contributed by atoms with Crippen molar-refractivity contribution in [3.8, 4) is 23.0 Å². The quantitative estimate of drug-likeness (QED) is 0.436. The van der Waals surface area contributed by atoms with Gasteiger partial charge in [-0.15, -0.1) is 0 Å². The Labute approximate surface area is 138 Å². The summed E-state index contributed by atoms with van der Waals surface area (Å²) in [5, 5.41) is 71.3. The first-order valence-electron chi connectivity index (χ1n) is 7.20. The van der Waals surface area contributed by atoms with Gasteiger partial charge >= 0.3 is 0 Å². The van der Waals surface area contributed by atoms with Crippen LogP contribution in [0.3, 0.4) is 0 Å². The second-order valence-electron chi connectivity index (χ2n) is 5.82. The molecule has 0 bridgehead atoms. The molecule has 0 amide bonds. The number of aromatic hydroxyl groups is 4. The fraction of sp³-hybridized carbons (Fsp3) is 0.294. The van der Waals surface area contributed by atoms with Crippen LogP contribution in [0.5, 0.6) is 23.0 Å². The van der Waals surface area contributed by atoms with Gasteiger partial charge in [0.15, 0.2) is 5.60 Å². The van der Waals surface area contributed by atoms with Crippen LogP contribution in [0.25, 0.3) is 0 Å². The maximum Gasteiger partial charge on any atom is 0.157 e. The molecule has 0 aliphatic carbocycles. The minimum absolute atomic E-state index is 0.479. The highest BCUT2D eigenvalue weighted by atomic mass is 16.4. The lowest BCUT2D eigenvalue weighted by Crippen LogP contribution is -2.43. The summed E-state index contributed by atoms with van der Waals surface area (Å²) in [6.07, 6.45) is -1.95. The number of aryl methyl sites for hydroxylation is 2. The molecule has 0 saturated heterocycles. The van der Waals surface area contributed by atoms with E-state index in [2.05, 4.69) is 0 Å². The Hall–Kier alpha value is -2.48. The van der Waals surface area contributed by atoms with Crippen LogP contribution in [0.1, 0.15) is 22.3 Å². The molecule has 0 spiro atoms. The first kappa shape index (κ1) is 17.9. The third-order valence-electron chi connectivity index (χ3n) is 3.90. The van der Waals surface area contributed by atoms with Gasteiger partial charge in [-0.3, -0.25) is 0 Å². The van der Waals surface area contributed by atoms with Crippen molar-refractivity contribution in [1.82, 2.24) is 0 Å². The van der Waals surface area contributed by atoms with Crippen LogP contribution in [0.4, 0.5) is 0 Å². The Bertz CT molecular complexity index is 666. The fourth-order valence-corrected chi connectivity index (χ4v) is 2.87. The number of hydrogen-bond acceptors (Lipinski definition) is 7. The molecule has 0 aliphatic rings. The molecule has 2 aromatic rings. The van der Waals surface area contributed by atoms with Gasteiger partial charge in [0.1, 0.15) is 29.1 Å². The van der Waals surface area contributed by atoms with Crippen LogP contribution in [-0.2, 0) is 5.60 Å². The van der Waals surface area contributed by atoms with E-state index in [1.165, 1.54) is 24.3 Å². The zero-order valence-electron chi connectivity index (χ0n) is 13.2. The van der Waals surface area contributed by atoms with Crippen LogP contribution in [0.15, 0.2) is 24.3 Å². The van der Waals surface area contributed by atoms with Crippen molar-refractivity contribution in [1.29, 1.82) is 0 Å². The predicted molar refractivity (Wildman–Crippen MR) is 85.1 cm³/mol. The predicted octanol–water partition coefficient (Wildman–Crippen LogP) is 0.715. The molecule has 130 valence electrons. The van der Waals surface area contributed by atoms with Gasteiger partial charge in [-0.25, -0.2) is 0 Å². The number of aliphatic hydroxyl groups is 3. The van der Waals surface area contributed by atoms with Crippen LogP contribution < -0.4 is 0 Å². The van der Waals surface area contributed by atoms with E-state index < -0.39 is 52.4 Å². The van der Waals surface area contributed by atoms with Crippen molar-refractivity contribution in [2.75, 3.05) is 6.61 Å². The van der Waals surface area contributed by atoms with Gasteiger partial charge in [-0.1, -0.05) is 0 Å². The molecule has 7 heteroatoms. The molecule has 1 atom stereocenters. The highest BCUT2D eigenvalue weighted by Crippen LogP contribution is 2.49. The van der Waals surface area contributed by atoms with E-state index in [-0.39, 0.29) is 0 Å². The van der Waals surface area contributed by atoms with Crippen molar-refractivity contribution >= 4 is 0 Å². The molecule has 0 saturated carbocycles. The van der Waals surface area contributed by atoms with Crippen LogP contribution in [0.2, 0.25) is 0 Å². The zero-order chi connectivity index (χ0) is 18.2. The van der Waals surface area contributed by atoms with Crippen molar-refractivity contribution in [3.05, 3.63) is 46.5 Å². The maximum absolute atomic E-state index is 11.1. The Morgan fingerprint density at radius 3 is 1.33 bits per heavy atom. The Morgan fingerprint density at radius 2 is 1.08 bits per heavy atom. The van der Waals surface area contributed by atoms with E-state index in [9.17, 15) is 35.7 Å². The molecular formula is C17H20O7. The highest BCUT2D eigenvalue weighted by Gasteiger charge is 2.47. The van der Waals surface area contributed by atoms with Gasteiger partial charge in [0, 0.05) is 0 Å². The van der Waals surface area contributed by atoms with Gasteiger partial charge in [-0.2, -0.15) is 0 Å². The summed E-state index contributed by atoms with van der Waals surface area (Å²) in [6.45, 7) is 2.22. The lowest BCUT2D eigenvalue weighted by Gasteiger charge is -2.35. The van der Waals surface area contributed by atoms with Crippen molar-refractivity contribution in [3.63, 3.8) is 0 Å². The first-order valence-corrected chi connectivity index (χ1v) is 7.20. The molecule has 1 unspecified atom stereocenters. The Morgan fingerprint density at radius 1 is 0.792 bits per heavy atom. The Balaban J connectivity index is 2.89. The normalized spacial score (nSPS) is 13.0. The molecule has 2 aromatic carbocycles. The first-order chi connectivity index (χ1) is 11.1. The molecule has 7 N–H and O–H groups in total. The van der Waals surface area contributed by atoms with Gasteiger partial charge in [0.25, 0.3) is 0 Å². The average molecular weight is 336 g/mol. The monoisotopic (exact) mass is 336 g/mol. The molecule has 0 heterocycles. The summed E-state index contributed by atoms with van der Waals surface area (Å²) >= 11 is 0. The van der Waals surface area contributed by atoms with Crippen LogP contribution >= 0.6 is 0 Å². The zero-order valence-corrected chi connectivity index (χ0v) is 13.2. The van der Waals surface area contributed by atoms with Crippen LogP contribution in [0, 0.1) is 13.8 Å². The summed E-state index contributed by atoms with van der Waals surface area (Å²) in [5.41, 5.74) is -2.77. The van der Waals surface area contributed by atoms with E-state index in [1.54, 1.807) is 13.8 Å². The van der Waals surface area contributed by atoms with E-state index in [4.69, 9.17) is 0 Å². The summed E-state index contributed by atoms with van der Waals surface area (Å²) in [5.74, 6) is -2.27. The molecule has 0 aliphatic heterocycles. The number of aliphatic hydroxyl groups excluding tert-OH is 2. The Kier molecular flexibility index (Phi) is 4.61.